The van der Waals surface area contributed by atoms with Crippen LogP contribution in [0.25, 0.3) is 10.9 Å². The van der Waals surface area contributed by atoms with Gasteiger partial charge in [-0.15, -0.1) is 11.8 Å². The van der Waals surface area contributed by atoms with E-state index < -0.39 is 29.6 Å². The van der Waals surface area contributed by atoms with Crippen molar-refractivity contribution in [2.45, 2.75) is 49.9 Å². The Bertz CT molecular complexity index is 1180. The lowest BCUT2D eigenvalue weighted by Crippen LogP contribution is -2.58. The van der Waals surface area contributed by atoms with Gasteiger partial charge in [-0.1, -0.05) is 0 Å². The molecule has 2 unspecified atom stereocenters. The molecular weight excluding hydrogens is 630 g/mol. The van der Waals surface area contributed by atoms with Gasteiger partial charge in [0.15, 0.2) is 5.82 Å². The fraction of sp³-hybridized carbons (Fsp3) is 0.476. The predicted octanol–water partition coefficient (Wildman–Crippen LogP) is 5.54. The highest BCUT2D eigenvalue weighted by Gasteiger charge is 2.58. The zero-order chi connectivity index (χ0) is 24.4. The Balaban J connectivity index is 1.98. The van der Waals surface area contributed by atoms with Crippen LogP contribution in [-0.2, 0) is 4.74 Å². The van der Waals surface area contributed by atoms with Crippen LogP contribution >= 0.6 is 50.3 Å². The molecule has 1 aromatic heterocycles. The highest BCUT2D eigenvalue weighted by molar-refractivity contribution is 14.1. The molecule has 3 atom stereocenters. The molecule has 12 heteroatoms. The van der Waals surface area contributed by atoms with Gasteiger partial charge in [0.05, 0.1) is 27.9 Å². The molecule has 0 radical (unpaired) electrons. The van der Waals surface area contributed by atoms with E-state index >= 15 is 4.39 Å². The second kappa shape index (κ2) is 8.59. The maximum Gasteiger partial charge on any atom is 0.415 e. The number of fused-ring (bicyclic) bond motifs is 2. The van der Waals surface area contributed by atoms with E-state index in [0.29, 0.717) is 32.6 Å². The van der Waals surface area contributed by atoms with Gasteiger partial charge in [0, 0.05) is 21.4 Å². The lowest BCUT2D eigenvalue weighted by atomic mass is 9.78. The molecule has 3 aliphatic rings. The van der Waals surface area contributed by atoms with Crippen molar-refractivity contribution in [2.75, 3.05) is 23.4 Å². The van der Waals surface area contributed by atoms with Crippen molar-refractivity contribution in [3.8, 4) is 0 Å². The fourth-order valence-electron chi connectivity index (χ4n) is 4.56. The molecule has 2 aromatic rings. The number of halogens is 3. The molecule has 0 spiro atoms. The molecule has 2 aliphatic heterocycles. The first kappa shape index (κ1) is 24.6. The van der Waals surface area contributed by atoms with Crippen LogP contribution in [-0.4, -0.2) is 57.7 Å². The molecule has 178 valence electrons. The number of benzene rings is 1. The van der Waals surface area contributed by atoms with E-state index in [1.54, 1.807) is 33.1 Å². The van der Waals surface area contributed by atoms with Crippen molar-refractivity contribution in [3.63, 3.8) is 0 Å². The number of rotatable bonds is 3. The number of hydrogen-bond donors (Lipinski definition) is 2. The summed E-state index contributed by atoms with van der Waals surface area (Å²) in [5, 5.41) is 10.4. The summed E-state index contributed by atoms with van der Waals surface area (Å²) < 4.78 is 21.9. The SMILES string of the molecule is CSc1nc2c(F)c(Br)c(I)cc2c(N(C(=O)OC(C)(C)C)[C@H]2C3CC2N(C(=O)O)C3)c1N. The molecule has 1 aromatic carbocycles. The Kier molecular flexibility index (Phi) is 6.40. The van der Waals surface area contributed by atoms with Gasteiger partial charge in [-0.25, -0.2) is 19.0 Å². The van der Waals surface area contributed by atoms with Crippen LogP contribution in [0.15, 0.2) is 15.6 Å². The quantitative estimate of drug-likeness (QED) is 0.255. The molecule has 1 aliphatic carbocycles. The number of thioether (sulfide) groups is 1. The molecule has 2 bridgehead atoms. The largest absolute Gasteiger partial charge is 0.465 e. The fourth-order valence-corrected chi connectivity index (χ4v) is 5.91. The number of nitrogens with zero attached hydrogens (tertiary/aromatic N) is 3. The van der Waals surface area contributed by atoms with E-state index in [-0.39, 0.29) is 27.6 Å². The first-order valence-corrected chi connectivity index (χ1v) is 13.3. The van der Waals surface area contributed by atoms with Gasteiger partial charge < -0.3 is 20.5 Å². The number of nitrogens with two attached hydrogens (primary N) is 1. The third-order valence-electron chi connectivity index (χ3n) is 5.91. The van der Waals surface area contributed by atoms with Crippen LogP contribution in [0.2, 0.25) is 0 Å². The number of carbonyl (C=O) groups excluding carboxylic acids is 1. The summed E-state index contributed by atoms with van der Waals surface area (Å²) in [6.45, 7) is 5.58. The molecular formula is C21H23BrFIN4O4S. The highest BCUT2D eigenvalue weighted by Crippen LogP contribution is 2.50. The predicted molar refractivity (Wildman–Crippen MR) is 137 cm³/mol. The van der Waals surface area contributed by atoms with Crippen molar-refractivity contribution in [1.29, 1.82) is 0 Å². The minimum atomic E-state index is -1.03. The molecule has 3 heterocycles. The van der Waals surface area contributed by atoms with Gasteiger partial charge in [0.1, 0.15) is 16.1 Å². The molecule has 2 amide bonds. The van der Waals surface area contributed by atoms with E-state index in [1.807, 2.05) is 22.6 Å². The molecule has 3 fully saturated rings. The molecule has 1 saturated carbocycles. The Morgan fingerprint density at radius 1 is 1.45 bits per heavy atom. The summed E-state index contributed by atoms with van der Waals surface area (Å²) in [6.07, 6.45) is 0.729. The molecule has 8 nitrogen and oxygen atoms in total. The number of hydrogen-bond acceptors (Lipinski definition) is 6. The number of carboxylic acid groups (broad SMARTS) is 1. The highest BCUT2D eigenvalue weighted by atomic mass is 127. The maximum absolute atomic E-state index is 15.3. The lowest BCUT2D eigenvalue weighted by Gasteiger charge is -2.44. The smallest absolute Gasteiger partial charge is 0.415 e. The molecule has 33 heavy (non-hydrogen) atoms. The standard InChI is InChI=1S/C21H23BrFIN4O4S/c1-21(2,3)32-20(31)28(16-8-5-11(16)27(7-8)19(29)30)17-9-6-10(24)12(22)13(23)15(9)26-18(33-4)14(17)25/h6,8,11,16H,5,7,25H2,1-4H3,(H,29,30)/t8?,11?,16-/m0/s1. The van der Waals surface area contributed by atoms with Crippen LogP contribution < -0.4 is 10.6 Å². The Labute approximate surface area is 216 Å². The molecule has 3 N–H and O–H groups in total. The number of carbonyl (C=O) groups is 2. The van der Waals surface area contributed by atoms with Gasteiger partial charge in [-0.05, 0) is 78.0 Å². The maximum atomic E-state index is 15.3. The summed E-state index contributed by atoms with van der Waals surface area (Å²) in [6, 6.07) is 0.862. The zero-order valence-electron chi connectivity index (χ0n) is 18.4. The zero-order valence-corrected chi connectivity index (χ0v) is 22.9. The number of nitrogen functional groups attached to an aromatic ring is 1. The van der Waals surface area contributed by atoms with Gasteiger partial charge in [0.2, 0.25) is 0 Å². The van der Waals surface area contributed by atoms with Crippen LogP contribution in [0.5, 0.6) is 0 Å². The molecule has 5 rings (SSSR count). The second-order valence-corrected chi connectivity index (χ2v) is 11.9. The van der Waals surface area contributed by atoms with Crippen LogP contribution in [0.3, 0.4) is 0 Å². The Morgan fingerprint density at radius 2 is 2.12 bits per heavy atom. The Morgan fingerprint density at radius 3 is 2.67 bits per heavy atom. The van der Waals surface area contributed by atoms with Gasteiger partial charge >= 0.3 is 12.2 Å². The van der Waals surface area contributed by atoms with Gasteiger partial charge in [-0.2, -0.15) is 0 Å². The average molecular weight is 653 g/mol. The summed E-state index contributed by atoms with van der Waals surface area (Å²) >= 11 is 6.51. The van der Waals surface area contributed by atoms with Crippen molar-refractivity contribution < 1.29 is 23.8 Å². The number of aromatic nitrogens is 1. The minimum absolute atomic E-state index is 0.0710. The first-order chi connectivity index (χ1) is 15.4. The van der Waals surface area contributed by atoms with Crippen LogP contribution in [0.1, 0.15) is 27.2 Å². The van der Waals surface area contributed by atoms with Gasteiger partial charge in [-0.3, -0.25) is 4.90 Å². The molecule has 2 saturated heterocycles. The second-order valence-electron chi connectivity index (χ2n) is 9.10. The van der Waals surface area contributed by atoms with Crippen LogP contribution in [0.4, 0.5) is 25.4 Å². The average Bonchev–Trinajstić information content (AvgIpc) is 3.30. The lowest BCUT2D eigenvalue weighted by molar-refractivity contribution is 0.0518. The number of anilines is 2. The summed E-state index contributed by atoms with van der Waals surface area (Å²) in [5.74, 6) is -0.625. The van der Waals surface area contributed by atoms with Crippen LogP contribution in [0, 0.1) is 15.3 Å². The van der Waals surface area contributed by atoms with Crippen molar-refractivity contribution in [3.05, 3.63) is 19.9 Å². The van der Waals surface area contributed by atoms with E-state index in [9.17, 15) is 14.7 Å². The van der Waals surface area contributed by atoms with Crippen molar-refractivity contribution in [2.24, 2.45) is 5.92 Å². The van der Waals surface area contributed by atoms with E-state index in [0.717, 1.165) is 0 Å². The van der Waals surface area contributed by atoms with Gasteiger partial charge in [0.25, 0.3) is 0 Å². The van der Waals surface area contributed by atoms with E-state index in [4.69, 9.17) is 10.5 Å². The van der Waals surface area contributed by atoms with Crippen molar-refractivity contribution in [1.82, 2.24) is 9.88 Å². The number of amides is 2. The summed E-state index contributed by atoms with van der Waals surface area (Å²) in [7, 11) is 0. The number of ether oxygens (including phenoxy) is 1. The van der Waals surface area contributed by atoms with Crippen molar-refractivity contribution >= 4 is 84.7 Å². The summed E-state index contributed by atoms with van der Waals surface area (Å²) in [4.78, 5) is 32.5. The minimum Gasteiger partial charge on any atom is -0.465 e. The Hall–Kier alpha value is -1.54. The monoisotopic (exact) mass is 652 g/mol. The summed E-state index contributed by atoms with van der Waals surface area (Å²) in [5.41, 5.74) is 6.33. The number of pyridine rings is 1. The van der Waals surface area contributed by atoms with E-state index in [2.05, 4.69) is 20.9 Å². The van der Waals surface area contributed by atoms with E-state index in [1.165, 1.54) is 21.6 Å². The third-order valence-corrected chi connectivity index (χ3v) is 8.98. The third kappa shape index (κ3) is 4.11. The topological polar surface area (TPSA) is 109 Å². The first-order valence-electron chi connectivity index (χ1n) is 10.2. The normalized spacial score (nSPS) is 21.8.